The Morgan fingerprint density at radius 3 is 2.41 bits per heavy atom. The standard InChI is InChI=1S/C12H17FN2O.ClH/c1-3-8-12(2,14)11(16)15-10-6-4-9(13)5-7-10;/h4-7H,3,8,14H2,1-2H3,(H,15,16);1H. The summed E-state index contributed by atoms with van der Waals surface area (Å²) in [7, 11) is 0. The summed E-state index contributed by atoms with van der Waals surface area (Å²) in [6, 6.07) is 5.61. The number of amides is 1. The average molecular weight is 261 g/mol. The van der Waals surface area contributed by atoms with Crippen molar-refractivity contribution in [2.24, 2.45) is 5.73 Å². The molecule has 0 bridgehead atoms. The maximum atomic E-state index is 12.6. The maximum Gasteiger partial charge on any atom is 0.244 e. The van der Waals surface area contributed by atoms with Gasteiger partial charge >= 0.3 is 0 Å². The molecule has 0 radical (unpaired) electrons. The molecule has 3 nitrogen and oxygen atoms in total. The van der Waals surface area contributed by atoms with Crippen molar-refractivity contribution in [3.8, 4) is 0 Å². The molecular formula is C12H18ClFN2O. The van der Waals surface area contributed by atoms with Crippen molar-refractivity contribution < 1.29 is 9.18 Å². The topological polar surface area (TPSA) is 55.1 Å². The van der Waals surface area contributed by atoms with Crippen molar-refractivity contribution in [2.75, 3.05) is 5.32 Å². The largest absolute Gasteiger partial charge is 0.324 e. The van der Waals surface area contributed by atoms with E-state index in [9.17, 15) is 9.18 Å². The summed E-state index contributed by atoms with van der Waals surface area (Å²) >= 11 is 0. The van der Waals surface area contributed by atoms with E-state index in [1.165, 1.54) is 24.3 Å². The van der Waals surface area contributed by atoms with Gasteiger partial charge in [0.15, 0.2) is 0 Å². The van der Waals surface area contributed by atoms with Crippen LogP contribution in [0.1, 0.15) is 26.7 Å². The molecule has 1 rings (SSSR count). The van der Waals surface area contributed by atoms with Crippen LogP contribution in [0.4, 0.5) is 10.1 Å². The Hall–Kier alpha value is -1.13. The van der Waals surface area contributed by atoms with E-state index in [-0.39, 0.29) is 24.1 Å². The van der Waals surface area contributed by atoms with E-state index in [0.717, 1.165) is 6.42 Å². The van der Waals surface area contributed by atoms with Crippen molar-refractivity contribution in [2.45, 2.75) is 32.2 Å². The normalized spacial score (nSPS) is 13.4. The number of benzene rings is 1. The van der Waals surface area contributed by atoms with Gasteiger partial charge in [0, 0.05) is 5.69 Å². The van der Waals surface area contributed by atoms with Crippen molar-refractivity contribution in [1.82, 2.24) is 0 Å². The van der Waals surface area contributed by atoms with E-state index < -0.39 is 5.54 Å². The number of nitrogens with one attached hydrogen (secondary N) is 1. The van der Waals surface area contributed by atoms with Gasteiger partial charge < -0.3 is 11.1 Å². The molecule has 1 amide bonds. The third-order valence-electron chi connectivity index (χ3n) is 2.39. The van der Waals surface area contributed by atoms with Crippen LogP contribution in [0.15, 0.2) is 24.3 Å². The molecule has 0 fully saturated rings. The zero-order valence-corrected chi connectivity index (χ0v) is 10.8. The number of anilines is 1. The van der Waals surface area contributed by atoms with E-state index in [1.807, 2.05) is 6.92 Å². The van der Waals surface area contributed by atoms with E-state index in [4.69, 9.17) is 5.73 Å². The second-order valence-electron chi connectivity index (χ2n) is 4.13. The number of rotatable bonds is 4. The minimum Gasteiger partial charge on any atom is -0.324 e. The molecule has 5 heteroatoms. The van der Waals surface area contributed by atoms with Crippen LogP contribution in [-0.4, -0.2) is 11.4 Å². The number of carbonyl (C=O) groups excluding carboxylic acids is 1. The highest BCUT2D eigenvalue weighted by molar-refractivity contribution is 5.97. The number of nitrogens with two attached hydrogens (primary N) is 1. The van der Waals surface area contributed by atoms with Gasteiger partial charge in [0.25, 0.3) is 0 Å². The van der Waals surface area contributed by atoms with Crippen molar-refractivity contribution in [1.29, 1.82) is 0 Å². The summed E-state index contributed by atoms with van der Waals surface area (Å²) in [5.41, 5.74) is 5.53. The fraction of sp³-hybridized carbons (Fsp3) is 0.417. The summed E-state index contributed by atoms with van der Waals surface area (Å²) in [5, 5.41) is 2.66. The summed E-state index contributed by atoms with van der Waals surface area (Å²) < 4.78 is 12.6. The third-order valence-corrected chi connectivity index (χ3v) is 2.39. The van der Waals surface area contributed by atoms with Gasteiger partial charge in [-0.2, -0.15) is 0 Å². The van der Waals surface area contributed by atoms with Gasteiger partial charge in [-0.25, -0.2) is 4.39 Å². The molecule has 0 aliphatic heterocycles. The van der Waals surface area contributed by atoms with Crippen LogP contribution in [0.3, 0.4) is 0 Å². The zero-order chi connectivity index (χ0) is 12.2. The van der Waals surface area contributed by atoms with Crippen molar-refractivity contribution in [3.63, 3.8) is 0 Å². The Balaban J connectivity index is 0.00000256. The second-order valence-corrected chi connectivity index (χ2v) is 4.13. The number of carbonyl (C=O) groups is 1. The Bertz CT molecular complexity index is 365. The quantitative estimate of drug-likeness (QED) is 0.875. The molecule has 0 saturated heterocycles. The van der Waals surface area contributed by atoms with Gasteiger partial charge in [-0.15, -0.1) is 12.4 Å². The molecule has 0 spiro atoms. The van der Waals surface area contributed by atoms with Crippen LogP contribution in [0.5, 0.6) is 0 Å². The van der Waals surface area contributed by atoms with E-state index in [2.05, 4.69) is 5.32 Å². The molecule has 1 unspecified atom stereocenters. The molecule has 1 aromatic carbocycles. The van der Waals surface area contributed by atoms with E-state index in [0.29, 0.717) is 12.1 Å². The fourth-order valence-electron chi connectivity index (χ4n) is 1.44. The van der Waals surface area contributed by atoms with Gasteiger partial charge in [0.2, 0.25) is 5.91 Å². The molecule has 1 atom stereocenters. The van der Waals surface area contributed by atoms with Crippen LogP contribution in [0.2, 0.25) is 0 Å². The Labute approximate surface area is 107 Å². The Kier molecular flexibility index (Phi) is 6.13. The Morgan fingerprint density at radius 1 is 1.41 bits per heavy atom. The third kappa shape index (κ3) is 4.71. The first-order chi connectivity index (χ1) is 7.45. The summed E-state index contributed by atoms with van der Waals surface area (Å²) in [5.74, 6) is -0.581. The lowest BCUT2D eigenvalue weighted by Gasteiger charge is -2.22. The second kappa shape index (κ2) is 6.57. The maximum absolute atomic E-state index is 12.6. The summed E-state index contributed by atoms with van der Waals surface area (Å²) in [4.78, 5) is 11.8. The molecule has 0 aliphatic carbocycles. The highest BCUT2D eigenvalue weighted by Crippen LogP contribution is 2.14. The average Bonchev–Trinajstić information content (AvgIpc) is 2.21. The van der Waals surface area contributed by atoms with Gasteiger partial charge in [-0.3, -0.25) is 4.79 Å². The van der Waals surface area contributed by atoms with Gasteiger partial charge in [-0.1, -0.05) is 13.3 Å². The number of halogens is 2. The minimum absolute atomic E-state index is 0. The number of hydrogen-bond acceptors (Lipinski definition) is 2. The smallest absolute Gasteiger partial charge is 0.244 e. The lowest BCUT2D eigenvalue weighted by atomic mass is 9.96. The van der Waals surface area contributed by atoms with Crippen LogP contribution in [0.25, 0.3) is 0 Å². The summed E-state index contributed by atoms with van der Waals surface area (Å²) in [6.07, 6.45) is 1.45. The van der Waals surface area contributed by atoms with Gasteiger partial charge in [-0.05, 0) is 37.6 Å². The lowest BCUT2D eigenvalue weighted by Crippen LogP contribution is -2.48. The van der Waals surface area contributed by atoms with Crippen LogP contribution >= 0.6 is 12.4 Å². The van der Waals surface area contributed by atoms with Gasteiger partial charge in [0.1, 0.15) is 5.82 Å². The molecule has 0 saturated carbocycles. The SMILES string of the molecule is CCCC(C)(N)C(=O)Nc1ccc(F)cc1.Cl. The van der Waals surface area contributed by atoms with E-state index >= 15 is 0 Å². The van der Waals surface area contributed by atoms with Crippen LogP contribution < -0.4 is 11.1 Å². The monoisotopic (exact) mass is 260 g/mol. The predicted octanol–water partition coefficient (Wildman–Crippen LogP) is 2.70. The Morgan fingerprint density at radius 2 is 1.94 bits per heavy atom. The first-order valence-electron chi connectivity index (χ1n) is 5.31. The van der Waals surface area contributed by atoms with Gasteiger partial charge in [0.05, 0.1) is 5.54 Å². The first-order valence-corrected chi connectivity index (χ1v) is 5.31. The fourth-order valence-corrected chi connectivity index (χ4v) is 1.44. The lowest BCUT2D eigenvalue weighted by molar-refractivity contribution is -0.120. The molecule has 0 heterocycles. The van der Waals surface area contributed by atoms with Crippen molar-refractivity contribution >= 4 is 24.0 Å². The highest BCUT2D eigenvalue weighted by atomic mass is 35.5. The molecular weight excluding hydrogens is 243 g/mol. The predicted molar refractivity (Wildman–Crippen MR) is 69.8 cm³/mol. The van der Waals surface area contributed by atoms with Crippen molar-refractivity contribution in [3.05, 3.63) is 30.1 Å². The molecule has 96 valence electrons. The molecule has 3 N–H and O–H groups in total. The van der Waals surface area contributed by atoms with Crippen LogP contribution in [0, 0.1) is 5.82 Å². The minimum atomic E-state index is -0.886. The highest BCUT2D eigenvalue weighted by Gasteiger charge is 2.26. The first kappa shape index (κ1) is 15.9. The van der Waals surface area contributed by atoms with E-state index in [1.54, 1.807) is 6.92 Å². The molecule has 0 aromatic heterocycles. The molecule has 0 aliphatic rings. The summed E-state index contributed by atoms with van der Waals surface area (Å²) in [6.45, 7) is 3.66. The number of hydrogen-bond donors (Lipinski definition) is 2. The zero-order valence-electron chi connectivity index (χ0n) is 10.00. The molecule has 1 aromatic rings. The molecule has 17 heavy (non-hydrogen) atoms. The van der Waals surface area contributed by atoms with Crippen LogP contribution in [-0.2, 0) is 4.79 Å².